The molecule has 0 amide bonds. The van der Waals surface area contributed by atoms with E-state index in [0.717, 1.165) is 64.6 Å². The Kier molecular flexibility index (Phi) is 11.0. The van der Waals surface area contributed by atoms with Gasteiger partial charge in [0.1, 0.15) is 0 Å². The van der Waals surface area contributed by atoms with E-state index in [9.17, 15) is 0 Å². The zero-order chi connectivity index (χ0) is 25.6. The van der Waals surface area contributed by atoms with Crippen molar-refractivity contribution in [3.05, 3.63) is 0 Å². The number of piperidine rings is 2. The lowest BCUT2D eigenvalue weighted by Crippen LogP contribution is -2.66. The number of nitrogens with one attached hydrogen (secondary N) is 2. The highest BCUT2D eigenvalue weighted by Gasteiger charge is 2.47. The number of ether oxygens (including phenoxy) is 2. The van der Waals surface area contributed by atoms with Crippen LogP contribution < -0.4 is 10.6 Å². The van der Waals surface area contributed by atoms with E-state index in [0.29, 0.717) is 24.0 Å². The van der Waals surface area contributed by atoms with Crippen LogP contribution in [0.1, 0.15) is 133 Å². The van der Waals surface area contributed by atoms with Crippen LogP contribution in [0.2, 0.25) is 0 Å². The number of rotatable bonds is 13. The summed E-state index contributed by atoms with van der Waals surface area (Å²) in [5, 5.41) is 7.92. The summed E-state index contributed by atoms with van der Waals surface area (Å²) >= 11 is 0. The summed E-state index contributed by atoms with van der Waals surface area (Å²) in [6.07, 6.45) is 12.4. The van der Waals surface area contributed by atoms with Crippen molar-refractivity contribution in [1.29, 1.82) is 0 Å². The first-order chi connectivity index (χ1) is 15.9. The number of unbranched alkanes of at least 4 members (excludes halogenated alkanes) is 3. The summed E-state index contributed by atoms with van der Waals surface area (Å²) in [7, 11) is 0. The van der Waals surface area contributed by atoms with E-state index in [-0.39, 0.29) is 22.2 Å². The van der Waals surface area contributed by atoms with Crippen molar-refractivity contribution in [1.82, 2.24) is 10.6 Å². The quantitative estimate of drug-likeness (QED) is 0.272. The van der Waals surface area contributed by atoms with Gasteiger partial charge in [-0.15, -0.1) is 0 Å². The summed E-state index contributed by atoms with van der Waals surface area (Å²) < 4.78 is 13.0. The second kappa shape index (κ2) is 12.4. The summed E-state index contributed by atoms with van der Waals surface area (Å²) in [6.45, 7) is 25.3. The molecule has 0 radical (unpaired) electrons. The smallest absolute Gasteiger partial charge is 0.0635 e. The lowest BCUT2D eigenvalue weighted by molar-refractivity contribution is -0.0753. The van der Waals surface area contributed by atoms with Crippen LogP contribution in [0.3, 0.4) is 0 Å². The maximum atomic E-state index is 6.50. The Morgan fingerprint density at radius 2 is 0.941 bits per heavy atom. The third-order valence-corrected chi connectivity index (χ3v) is 10.3. The van der Waals surface area contributed by atoms with E-state index in [1.165, 1.54) is 12.8 Å². The average molecular weight is 481 g/mol. The van der Waals surface area contributed by atoms with Gasteiger partial charge in [-0.3, -0.25) is 0 Å². The molecule has 0 aromatic heterocycles. The first kappa shape index (κ1) is 30.1. The standard InChI is InChI=1S/C30H60N2O2/c1-11-27(7)21-25(23(5)29(9,13-3)31-27)33-19-17-15-16-18-20-34-26-22-28(8,12-2)32-30(10,14-4)24(26)6/h23-26,31-32H,11-22H2,1-10H3. The molecular formula is C30H60N2O2. The fraction of sp³-hybridized carbons (Fsp3) is 1.00. The van der Waals surface area contributed by atoms with Crippen LogP contribution in [0.15, 0.2) is 0 Å². The van der Waals surface area contributed by atoms with Crippen LogP contribution >= 0.6 is 0 Å². The highest BCUT2D eigenvalue weighted by molar-refractivity contribution is 5.05. The first-order valence-electron chi connectivity index (χ1n) is 14.7. The van der Waals surface area contributed by atoms with Crippen molar-refractivity contribution >= 4 is 0 Å². The van der Waals surface area contributed by atoms with E-state index in [2.05, 4.69) is 79.9 Å². The molecule has 2 aliphatic heterocycles. The summed E-state index contributed by atoms with van der Waals surface area (Å²) in [5.74, 6) is 1.08. The van der Waals surface area contributed by atoms with Crippen molar-refractivity contribution in [2.75, 3.05) is 13.2 Å². The van der Waals surface area contributed by atoms with E-state index >= 15 is 0 Å². The first-order valence-corrected chi connectivity index (χ1v) is 14.7. The Labute approximate surface area is 213 Å². The molecule has 202 valence electrons. The second-order valence-electron chi connectivity index (χ2n) is 12.8. The average Bonchev–Trinajstić information content (AvgIpc) is 2.81. The van der Waals surface area contributed by atoms with Crippen LogP contribution in [-0.4, -0.2) is 47.6 Å². The normalized spacial score (nSPS) is 43.2. The molecule has 2 saturated heterocycles. The van der Waals surface area contributed by atoms with E-state index in [1.54, 1.807) is 0 Å². The van der Waals surface area contributed by atoms with Gasteiger partial charge in [0.2, 0.25) is 0 Å². The molecule has 0 aromatic rings. The van der Waals surface area contributed by atoms with E-state index < -0.39 is 0 Å². The third kappa shape index (κ3) is 7.20. The zero-order valence-corrected chi connectivity index (χ0v) is 24.6. The Balaban J connectivity index is 1.70. The summed E-state index contributed by atoms with van der Waals surface area (Å²) in [4.78, 5) is 0. The van der Waals surface area contributed by atoms with Crippen molar-refractivity contribution in [3.8, 4) is 0 Å². The zero-order valence-electron chi connectivity index (χ0n) is 24.6. The topological polar surface area (TPSA) is 42.5 Å². The largest absolute Gasteiger partial charge is 0.378 e. The Hall–Kier alpha value is -0.160. The predicted molar refractivity (Wildman–Crippen MR) is 147 cm³/mol. The molecule has 2 N–H and O–H groups in total. The van der Waals surface area contributed by atoms with Crippen molar-refractivity contribution in [2.45, 2.75) is 168 Å². The molecule has 0 spiro atoms. The molecule has 8 unspecified atom stereocenters. The van der Waals surface area contributed by atoms with Gasteiger partial charge >= 0.3 is 0 Å². The van der Waals surface area contributed by atoms with E-state index in [1.807, 2.05) is 0 Å². The van der Waals surface area contributed by atoms with E-state index in [4.69, 9.17) is 9.47 Å². The van der Waals surface area contributed by atoms with Gasteiger partial charge in [0.05, 0.1) is 12.2 Å². The molecule has 0 aromatic carbocycles. The minimum Gasteiger partial charge on any atom is -0.378 e. The van der Waals surface area contributed by atoms with Gasteiger partial charge in [-0.2, -0.15) is 0 Å². The van der Waals surface area contributed by atoms with Gasteiger partial charge in [0.15, 0.2) is 0 Å². The van der Waals surface area contributed by atoms with Gasteiger partial charge in [-0.25, -0.2) is 0 Å². The SMILES string of the molecule is CCC1(C)CC(OCCCCCCOC2CC(C)(CC)NC(C)(CC)C2C)C(C)C(C)(CC)N1. The predicted octanol–water partition coefficient (Wildman–Crippen LogP) is 7.25. The Bertz CT molecular complexity index is 563. The van der Waals surface area contributed by atoms with Gasteiger partial charge in [0.25, 0.3) is 0 Å². The molecule has 2 fully saturated rings. The molecule has 34 heavy (non-hydrogen) atoms. The minimum atomic E-state index is 0.165. The lowest BCUT2D eigenvalue weighted by Gasteiger charge is -2.53. The maximum absolute atomic E-state index is 6.50. The van der Waals surface area contributed by atoms with Crippen molar-refractivity contribution < 1.29 is 9.47 Å². The highest BCUT2D eigenvalue weighted by Crippen LogP contribution is 2.40. The minimum absolute atomic E-state index is 0.165. The third-order valence-electron chi connectivity index (χ3n) is 10.3. The van der Waals surface area contributed by atoms with Crippen LogP contribution in [0, 0.1) is 11.8 Å². The van der Waals surface area contributed by atoms with Gasteiger partial charge in [-0.05, 0) is 79.1 Å². The monoisotopic (exact) mass is 480 g/mol. The fourth-order valence-electron chi connectivity index (χ4n) is 6.49. The van der Waals surface area contributed by atoms with Crippen molar-refractivity contribution in [2.24, 2.45) is 11.8 Å². The van der Waals surface area contributed by atoms with Gasteiger partial charge < -0.3 is 20.1 Å². The maximum Gasteiger partial charge on any atom is 0.0635 e. The Morgan fingerprint density at radius 1 is 0.588 bits per heavy atom. The van der Waals surface area contributed by atoms with Crippen LogP contribution in [0.5, 0.6) is 0 Å². The van der Waals surface area contributed by atoms with Crippen molar-refractivity contribution in [3.63, 3.8) is 0 Å². The molecule has 4 heteroatoms. The molecular weight excluding hydrogens is 420 g/mol. The van der Waals surface area contributed by atoms with Gasteiger partial charge in [0, 0.05) is 47.2 Å². The number of hydrogen-bond donors (Lipinski definition) is 2. The molecule has 2 aliphatic rings. The molecule has 8 atom stereocenters. The van der Waals surface area contributed by atoms with Gasteiger partial charge in [-0.1, -0.05) is 54.4 Å². The highest BCUT2D eigenvalue weighted by atomic mass is 16.5. The molecule has 2 rings (SSSR count). The second-order valence-corrected chi connectivity index (χ2v) is 12.8. The van der Waals surface area contributed by atoms with Crippen LogP contribution in [0.4, 0.5) is 0 Å². The summed E-state index contributed by atoms with van der Waals surface area (Å²) in [6, 6.07) is 0. The van der Waals surface area contributed by atoms with Crippen LogP contribution in [-0.2, 0) is 9.47 Å². The lowest BCUT2D eigenvalue weighted by atomic mass is 9.70. The molecule has 0 bridgehead atoms. The van der Waals surface area contributed by atoms with Crippen LogP contribution in [0.25, 0.3) is 0 Å². The molecule has 4 nitrogen and oxygen atoms in total. The Morgan fingerprint density at radius 3 is 1.24 bits per heavy atom. The number of hydrogen-bond acceptors (Lipinski definition) is 4. The fourth-order valence-corrected chi connectivity index (χ4v) is 6.49. The molecule has 0 saturated carbocycles. The molecule has 2 heterocycles. The summed E-state index contributed by atoms with van der Waals surface area (Å²) in [5.41, 5.74) is 0.705. The molecule has 0 aliphatic carbocycles.